The second kappa shape index (κ2) is 6.35. The molecule has 2 heterocycles. The topological polar surface area (TPSA) is 54.9 Å². The van der Waals surface area contributed by atoms with E-state index in [1.54, 1.807) is 0 Å². The van der Waals surface area contributed by atoms with E-state index in [0.717, 1.165) is 36.8 Å². The molecule has 1 saturated heterocycles. The van der Waals surface area contributed by atoms with E-state index in [-0.39, 0.29) is 6.10 Å². The van der Waals surface area contributed by atoms with Crippen LogP contribution in [0.25, 0.3) is 0 Å². The SMILES string of the molecule is Cc1ccc(CNC2=NCC(C)N2)c(OC2CCOC2)c1. The Balaban J connectivity index is 1.65. The van der Waals surface area contributed by atoms with Gasteiger partial charge >= 0.3 is 0 Å². The Morgan fingerprint density at radius 1 is 1.48 bits per heavy atom. The Morgan fingerprint density at radius 3 is 3.10 bits per heavy atom. The lowest BCUT2D eigenvalue weighted by Gasteiger charge is -2.17. The van der Waals surface area contributed by atoms with Crippen molar-refractivity contribution in [1.29, 1.82) is 0 Å². The van der Waals surface area contributed by atoms with Crippen molar-refractivity contribution in [2.45, 2.75) is 39.0 Å². The third-order valence-electron chi connectivity index (χ3n) is 3.76. The van der Waals surface area contributed by atoms with Crippen LogP contribution in [0.2, 0.25) is 0 Å². The Labute approximate surface area is 125 Å². The Bertz CT molecular complexity index is 524. The summed E-state index contributed by atoms with van der Waals surface area (Å²) in [6.07, 6.45) is 1.14. The van der Waals surface area contributed by atoms with Crippen LogP contribution in [-0.2, 0) is 11.3 Å². The number of benzene rings is 1. The van der Waals surface area contributed by atoms with Crippen molar-refractivity contribution < 1.29 is 9.47 Å². The van der Waals surface area contributed by atoms with Crippen molar-refractivity contribution >= 4 is 5.96 Å². The van der Waals surface area contributed by atoms with Gasteiger partial charge in [-0.3, -0.25) is 4.99 Å². The van der Waals surface area contributed by atoms with Crippen LogP contribution in [0, 0.1) is 6.92 Å². The highest BCUT2D eigenvalue weighted by atomic mass is 16.5. The average Bonchev–Trinajstić information content (AvgIpc) is 3.10. The maximum Gasteiger partial charge on any atom is 0.191 e. The molecule has 2 N–H and O–H groups in total. The van der Waals surface area contributed by atoms with Crippen LogP contribution in [0.5, 0.6) is 5.75 Å². The van der Waals surface area contributed by atoms with Crippen LogP contribution in [0.3, 0.4) is 0 Å². The van der Waals surface area contributed by atoms with Crippen LogP contribution in [0.1, 0.15) is 24.5 Å². The molecule has 1 aromatic rings. The number of ether oxygens (including phenoxy) is 2. The summed E-state index contributed by atoms with van der Waals surface area (Å²) in [6.45, 7) is 7.23. The fourth-order valence-electron chi connectivity index (χ4n) is 2.54. The minimum Gasteiger partial charge on any atom is -0.488 e. The molecule has 0 bridgehead atoms. The Kier molecular flexibility index (Phi) is 4.29. The van der Waals surface area contributed by atoms with Crippen LogP contribution < -0.4 is 15.4 Å². The number of rotatable bonds is 4. The number of hydrogen-bond acceptors (Lipinski definition) is 5. The predicted octanol–water partition coefficient (Wildman–Crippen LogP) is 1.60. The van der Waals surface area contributed by atoms with Gasteiger partial charge in [-0.2, -0.15) is 0 Å². The number of aryl methyl sites for hydroxylation is 1. The molecule has 0 aliphatic carbocycles. The van der Waals surface area contributed by atoms with Gasteiger partial charge in [-0.15, -0.1) is 0 Å². The van der Waals surface area contributed by atoms with Gasteiger partial charge < -0.3 is 20.1 Å². The molecule has 2 atom stereocenters. The van der Waals surface area contributed by atoms with Crippen LogP contribution >= 0.6 is 0 Å². The van der Waals surface area contributed by atoms with Gasteiger partial charge in [0.2, 0.25) is 0 Å². The highest BCUT2D eigenvalue weighted by molar-refractivity contribution is 5.81. The Hall–Kier alpha value is -1.75. The third kappa shape index (κ3) is 3.67. The van der Waals surface area contributed by atoms with Crippen molar-refractivity contribution in [2.24, 2.45) is 4.99 Å². The number of nitrogens with one attached hydrogen (secondary N) is 2. The van der Waals surface area contributed by atoms with Crippen molar-refractivity contribution in [3.8, 4) is 5.75 Å². The molecule has 5 nitrogen and oxygen atoms in total. The average molecular weight is 289 g/mol. The molecule has 114 valence electrons. The molecule has 3 rings (SSSR count). The van der Waals surface area contributed by atoms with E-state index in [4.69, 9.17) is 9.47 Å². The molecule has 2 unspecified atom stereocenters. The standard InChI is InChI=1S/C16H23N3O2/c1-11-3-4-13(9-18-16-17-8-12(2)19-16)15(7-11)21-14-5-6-20-10-14/h3-4,7,12,14H,5-6,8-10H2,1-2H3,(H2,17,18,19). The molecule has 0 amide bonds. The molecule has 5 heteroatoms. The molecule has 2 aliphatic heterocycles. The van der Waals surface area contributed by atoms with Gasteiger partial charge in [-0.25, -0.2) is 0 Å². The number of guanidine groups is 1. The fourth-order valence-corrected chi connectivity index (χ4v) is 2.54. The number of aliphatic imine (C=N–C) groups is 1. The van der Waals surface area contributed by atoms with Crippen molar-refractivity contribution in [3.05, 3.63) is 29.3 Å². The van der Waals surface area contributed by atoms with Gasteiger partial charge in [-0.05, 0) is 25.5 Å². The smallest absolute Gasteiger partial charge is 0.191 e. The van der Waals surface area contributed by atoms with E-state index in [1.165, 1.54) is 5.56 Å². The highest BCUT2D eigenvalue weighted by Crippen LogP contribution is 2.23. The predicted molar refractivity (Wildman–Crippen MR) is 82.8 cm³/mol. The first-order valence-corrected chi connectivity index (χ1v) is 7.59. The number of nitrogens with zero attached hydrogens (tertiary/aromatic N) is 1. The molecule has 0 radical (unpaired) electrons. The number of hydrogen-bond donors (Lipinski definition) is 2. The van der Waals surface area contributed by atoms with Crippen LogP contribution in [0.4, 0.5) is 0 Å². The van der Waals surface area contributed by atoms with Crippen molar-refractivity contribution in [1.82, 2.24) is 10.6 Å². The van der Waals surface area contributed by atoms with Gasteiger partial charge in [0.1, 0.15) is 11.9 Å². The van der Waals surface area contributed by atoms with Gasteiger partial charge in [0, 0.05) is 24.6 Å². The van der Waals surface area contributed by atoms with Crippen molar-refractivity contribution in [3.63, 3.8) is 0 Å². The molecule has 1 fully saturated rings. The fraction of sp³-hybridized carbons (Fsp3) is 0.562. The lowest BCUT2D eigenvalue weighted by molar-refractivity contribution is 0.140. The summed E-state index contributed by atoms with van der Waals surface area (Å²) in [7, 11) is 0. The Morgan fingerprint density at radius 2 is 2.38 bits per heavy atom. The summed E-state index contributed by atoms with van der Waals surface area (Å²) in [5.74, 6) is 1.82. The van der Waals surface area contributed by atoms with E-state index in [0.29, 0.717) is 19.2 Å². The second-order valence-corrected chi connectivity index (χ2v) is 5.80. The molecular formula is C16H23N3O2. The maximum atomic E-state index is 6.10. The lowest BCUT2D eigenvalue weighted by atomic mass is 10.1. The molecule has 2 aliphatic rings. The van der Waals surface area contributed by atoms with Crippen LogP contribution in [-0.4, -0.2) is 37.9 Å². The monoisotopic (exact) mass is 289 g/mol. The van der Waals surface area contributed by atoms with Gasteiger partial charge in [-0.1, -0.05) is 12.1 Å². The first-order valence-electron chi connectivity index (χ1n) is 7.59. The summed E-state index contributed by atoms with van der Waals surface area (Å²) in [4.78, 5) is 4.42. The maximum absolute atomic E-state index is 6.10. The summed E-state index contributed by atoms with van der Waals surface area (Å²) in [6, 6.07) is 6.74. The molecule has 21 heavy (non-hydrogen) atoms. The lowest BCUT2D eigenvalue weighted by Crippen LogP contribution is -2.37. The second-order valence-electron chi connectivity index (χ2n) is 5.80. The first-order chi connectivity index (χ1) is 10.2. The highest BCUT2D eigenvalue weighted by Gasteiger charge is 2.19. The summed E-state index contributed by atoms with van der Waals surface area (Å²) in [5.41, 5.74) is 2.36. The van der Waals surface area contributed by atoms with Crippen molar-refractivity contribution in [2.75, 3.05) is 19.8 Å². The largest absolute Gasteiger partial charge is 0.488 e. The van der Waals surface area contributed by atoms with E-state index >= 15 is 0 Å². The summed E-state index contributed by atoms with van der Waals surface area (Å²) in [5, 5.41) is 6.65. The molecular weight excluding hydrogens is 266 g/mol. The normalized spacial score (nSPS) is 24.6. The zero-order valence-electron chi connectivity index (χ0n) is 12.7. The molecule has 1 aromatic carbocycles. The third-order valence-corrected chi connectivity index (χ3v) is 3.76. The minimum atomic E-state index is 0.174. The zero-order valence-corrected chi connectivity index (χ0v) is 12.7. The van der Waals surface area contributed by atoms with Gasteiger partial charge in [0.15, 0.2) is 5.96 Å². The molecule has 0 spiro atoms. The van der Waals surface area contributed by atoms with Gasteiger partial charge in [0.25, 0.3) is 0 Å². The van der Waals surface area contributed by atoms with Crippen LogP contribution in [0.15, 0.2) is 23.2 Å². The van der Waals surface area contributed by atoms with Gasteiger partial charge in [0.05, 0.1) is 19.8 Å². The first kappa shape index (κ1) is 14.2. The van der Waals surface area contributed by atoms with E-state index < -0.39 is 0 Å². The molecule has 0 saturated carbocycles. The van der Waals surface area contributed by atoms with E-state index in [2.05, 4.69) is 47.7 Å². The zero-order chi connectivity index (χ0) is 14.7. The van der Waals surface area contributed by atoms with E-state index in [9.17, 15) is 0 Å². The van der Waals surface area contributed by atoms with E-state index in [1.807, 2.05) is 0 Å². The quantitative estimate of drug-likeness (QED) is 0.884. The summed E-state index contributed by atoms with van der Waals surface area (Å²) < 4.78 is 11.5. The minimum absolute atomic E-state index is 0.174. The molecule has 0 aromatic heterocycles. The summed E-state index contributed by atoms with van der Waals surface area (Å²) >= 11 is 0.